The fraction of sp³-hybridized carbons (Fsp3) is 0.941. The number of hydrogen-bond donors (Lipinski definition) is 0. The normalized spacial score (nSPS) is 13.4. The minimum absolute atomic E-state index is 0.0754. The van der Waals surface area contributed by atoms with Crippen molar-refractivity contribution in [3.8, 4) is 0 Å². The van der Waals surface area contributed by atoms with Crippen LogP contribution in [0, 0.1) is 5.92 Å². The second-order valence-corrected chi connectivity index (χ2v) is 9.53. The van der Waals surface area contributed by atoms with Gasteiger partial charge in [0.25, 0.3) is 0 Å². The molecule has 0 N–H and O–H groups in total. The van der Waals surface area contributed by atoms with E-state index in [2.05, 4.69) is 20.8 Å². The van der Waals surface area contributed by atoms with Crippen molar-refractivity contribution in [3.63, 3.8) is 0 Å². The Morgan fingerprint density at radius 1 is 1.08 bits per heavy atom. The SMILES string of the molecule is CCCCCCOC[C@@H](COP(=O)(OC)OC)SC(=O)CCC(C)C. The molecule has 0 aliphatic heterocycles. The van der Waals surface area contributed by atoms with Crippen molar-refractivity contribution >= 4 is 24.7 Å². The molecule has 0 amide bonds. The molecule has 0 aromatic rings. The first-order valence-electron chi connectivity index (χ1n) is 9.00. The molecule has 0 radical (unpaired) electrons. The van der Waals surface area contributed by atoms with Crippen LogP contribution in [-0.2, 0) is 27.7 Å². The highest BCUT2D eigenvalue weighted by molar-refractivity contribution is 8.14. The van der Waals surface area contributed by atoms with E-state index in [9.17, 15) is 9.36 Å². The molecular weight excluding hydrogens is 363 g/mol. The quantitative estimate of drug-likeness (QED) is 0.266. The molecule has 0 unspecified atom stereocenters. The summed E-state index contributed by atoms with van der Waals surface area (Å²) in [5, 5.41) is -0.133. The number of carbonyl (C=O) groups is 1. The van der Waals surface area contributed by atoms with Crippen molar-refractivity contribution < 1.29 is 27.7 Å². The van der Waals surface area contributed by atoms with Gasteiger partial charge in [-0.05, 0) is 18.8 Å². The van der Waals surface area contributed by atoms with Gasteiger partial charge in [-0.2, -0.15) is 0 Å². The lowest BCUT2D eigenvalue weighted by molar-refractivity contribution is -0.111. The molecule has 0 rings (SSSR count). The summed E-state index contributed by atoms with van der Waals surface area (Å²) < 4.78 is 32.5. The Balaban J connectivity index is 4.39. The van der Waals surface area contributed by atoms with Crippen molar-refractivity contribution in [1.82, 2.24) is 0 Å². The average Bonchev–Trinajstić information content (AvgIpc) is 2.60. The molecule has 150 valence electrons. The Morgan fingerprint density at radius 2 is 1.76 bits per heavy atom. The standard InChI is InChI=1S/C17H35O6PS/c1-6-7-8-9-12-22-13-16(14-23-24(19,20-4)21-5)25-17(18)11-10-15(2)3/h15-16H,6-14H2,1-5H3/t16-/m0/s1. The molecule has 0 bridgehead atoms. The summed E-state index contributed by atoms with van der Waals surface area (Å²) in [5.41, 5.74) is 0. The van der Waals surface area contributed by atoms with Gasteiger partial charge in [0.15, 0.2) is 5.12 Å². The molecule has 0 saturated carbocycles. The smallest absolute Gasteiger partial charge is 0.380 e. The largest absolute Gasteiger partial charge is 0.474 e. The van der Waals surface area contributed by atoms with E-state index in [1.807, 2.05) is 0 Å². The first-order valence-corrected chi connectivity index (χ1v) is 11.3. The topological polar surface area (TPSA) is 71.1 Å². The number of carbonyl (C=O) groups excluding carboxylic acids is 1. The Hall–Kier alpha value is 0.0900. The third kappa shape index (κ3) is 13.9. The van der Waals surface area contributed by atoms with Gasteiger partial charge in [-0.1, -0.05) is 51.8 Å². The van der Waals surface area contributed by atoms with Crippen molar-refractivity contribution in [1.29, 1.82) is 0 Å². The molecule has 0 aliphatic rings. The number of phosphoric acid groups is 1. The monoisotopic (exact) mass is 398 g/mol. The molecular formula is C17H35O6PS. The second kappa shape index (κ2) is 15.2. The highest BCUT2D eigenvalue weighted by Crippen LogP contribution is 2.47. The molecule has 8 heteroatoms. The van der Waals surface area contributed by atoms with E-state index in [0.29, 0.717) is 25.6 Å². The average molecular weight is 399 g/mol. The van der Waals surface area contributed by atoms with Gasteiger partial charge in [0, 0.05) is 27.2 Å². The van der Waals surface area contributed by atoms with Crippen LogP contribution in [0.25, 0.3) is 0 Å². The van der Waals surface area contributed by atoms with Crippen LogP contribution in [0.1, 0.15) is 59.3 Å². The first-order chi connectivity index (χ1) is 11.9. The minimum atomic E-state index is -3.54. The van der Waals surface area contributed by atoms with E-state index in [4.69, 9.17) is 18.3 Å². The van der Waals surface area contributed by atoms with E-state index >= 15 is 0 Å². The van der Waals surface area contributed by atoms with Crippen LogP contribution < -0.4 is 0 Å². The van der Waals surface area contributed by atoms with Gasteiger partial charge in [0.05, 0.1) is 18.5 Å². The van der Waals surface area contributed by atoms with Crippen molar-refractivity contribution in [3.05, 3.63) is 0 Å². The molecule has 6 nitrogen and oxygen atoms in total. The van der Waals surface area contributed by atoms with E-state index < -0.39 is 7.82 Å². The Bertz CT molecular complexity index is 383. The summed E-state index contributed by atoms with van der Waals surface area (Å²) in [6.45, 7) is 7.45. The number of thioether (sulfide) groups is 1. The minimum Gasteiger partial charge on any atom is -0.380 e. The van der Waals surface area contributed by atoms with E-state index in [-0.39, 0.29) is 17.0 Å². The number of hydrogen-bond acceptors (Lipinski definition) is 7. The van der Waals surface area contributed by atoms with Gasteiger partial charge in [0.2, 0.25) is 0 Å². The highest BCUT2D eigenvalue weighted by Gasteiger charge is 2.26. The maximum absolute atomic E-state index is 12.1. The van der Waals surface area contributed by atoms with Crippen LogP contribution >= 0.6 is 19.6 Å². The van der Waals surface area contributed by atoms with Crippen LogP contribution in [0.3, 0.4) is 0 Å². The Morgan fingerprint density at radius 3 is 2.32 bits per heavy atom. The second-order valence-electron chi connectivity index (χ2n) is 6.29. The molecule has 0 aromatic heterocycles. The third-order valence-corrected chi connectivity index (χ3v) is 5.97. The maximum Gasteiger partial charge on any atom is 0.474 e. The fourth-order valence-electron chi connectivity index (χ4n) is 1.97. The third-order valence-electron chi connectivity index (χ3n) is 3.54. The molecule has 0 fully saturated rings. The summed E-state index contributed by atoms with van der Waals surface area (Å²) in [6, 6.07) is 0. The van der Waals surface area contributed by atoms with Crippen LogP contribution in [0.15, 0.2) is 0 Å². The first kappa shape index (κ1) is 25.1. The number of unbranched alkanes of at least 4 members (excludes halogenated alkanes) is 3. The predicted octanol–water partition coefficient (Wildman–Crippen LogP) is 5.07. The van der Waals surface area contributed by atoms with Gasteiger partial charge in [-0.3, -0.25) is 18.4 Å². The van der Waals surface area contributed by atoms with Crippen molar-refractivity contribution in [2.24, 2.45) is 5.92 Å². The van der Waals surface area contributed by atoms with Gasteiger partial charge >= 0.3 is 7.82 Å². The summed E-state index contributed by atoms with van der Waals surface area (Å²) in [5.74, 6) is 0.483. The van der Waals surface area contributed by atoms with Gasteiger partial charge in [0.1, 0.15) is 0 Å². The molecule has 1 atom stereocenters. The summed E-state index contributed by atoms with van der Waals surface area (Å²) in [6.07, 6.45) is 5.89. The van der Waals surface area contributed by atoms with Crippen molar-refractivity contribution in [2.75, 3.05) is 34.0 Å². The lowest BCUT2D eigenvalue weighted by Crippen LogP contribution is -2.21. The van der Waals surface area contributed by atoms with Crippen LogP contribution in [0.4, 0.5) is 0 Å². The zero-order valence-corrected chi connectivity index (χ0v) is 18.0. The van der Waals surface area contributed by atoms with E-state index in [0.717, 1.165) is 19.3 Å². The Labute approximate surface area is 157 Å². The molecule has 0 spiro atoms. The van der Waals surface area contributed by atoms with E-state index in [1.165, 1.54) is 38.8 Å². The molecule has 0 aliphatic carbocycles. The number of phosphoric ester groups is 1. The lowest BCUT2D eigenvalue weighted by Gasteiger charge is -2.19. The number of ether oxygens (including phenoxy) is 1. The molecule has 0 heterocycles. The summed E-state index contributed by atoms with van der Waals surface area (Å²) in [4.78, 5) is 12.1. The summed E-state index contributed by atoms with van der Waals surface area (Å²) >= 11 is 1.20. The number of rotatable bonds is 16. The predicted molar refractivity (Wildman–Crippen MR) is 103 cm³/mol. The zero-order valence-electron chi connectivity index (χ0n) is 16.3. The van der Waals surface area contributed by atoms with Crippen LogP contribution in [0.2, 0.25) is 0 Å². The van der Waals surface area contributed by atoms with Crippen LogP contribution in [-0.4, -0.2) is 44.4 Å². The zero-order chi connectivity index (χ0) is 19.1. The lowest BCUT2D eigenvalue weighted by atomic mass is 10.1. The van der Waals surface area contributed by atoms with Gasteiger partial charge < -0.3 is 4.74 Å². The van der Waals surface area contributed by atoms with Crippen molar-refractivity contribution in [2.45, 2.75) is 64.5 Å². The summed E-state index contributed by atoms with van der Waals surface area (Å²) in [7, 11) is -1.01. The fourth-order valence-corrected chi connectivity index (χ4v) is 3.70. The highest BCUT2D eigenvalue weighted by atomic mass is 32.2. The maximum atomic E-state index is 12.1. The molecule has 25 heavy (non-hydrogen) atoms. The van der Waals surface area contributed by atoms with E-state index in [1.54, 1.807) is 0 Å². The van der Waals surface area contributed by atoms with Gasteiger partial charge in [-0.15, -0.1) is 0 Å². The molecule has 0 aromatic carbocycles. The molecule has 0 saturated heterocycles. The Kier molecular flexibility index (Phi) is 15.2. The van der Waals surface area contributed by atoms with Crippen LogP contribution in [0.5, 0.6) is 0 Å². The van der Waals surface area contributed by atoms with Gasteiger partial charge in [-0.25, -0.2) is 4.57 Å².